The number of hydrogen-bond donors (Lipinski definition) is 0. The van der Waals surface area contributed by atoms with E-state index in [0.717, 1.165) is 36.4 Å². The monoisotopic (exact) mass is 283 g/mol. The summed E-state index contributed by atoms with van der Waals surface area (Å²) in [6, 6.07) is 5.52. The number of aromatic nitrogens is 4. The number of pyridine rings is 1. The van der Waals surface area contributed by atoms with Crippen LogP contribution in [-0.2, 0) is 0 Å². The predicted octanol–water partition coefficient (Wildman–Crippen LogP) is 2.60. The Balaban J connectivity index is 1.72. The molecule has 0 amide bonds. The molecule has 3 aromatic heterocycles. The van der Waals surface area contributed by atoms with Crippen molar-refractivity contribution in [2.45, 2.75) is 18.9 Å². The van der Waals surface area contributed by atoms with Crippen molar-refractivity contribution < 1.29 is 4.39 Å². The quantitative estimate of drug-likeness (QED) is 0.725. The molecule has 3 aromatic rings. The average Bonchev–Trinajstić information content (AvgIpc) is 3.15. The second-order valence-electron chi connectivity index (χ2n) is 5.21. The third-order valence-corrected chi connectivity index (χ3v) is 3.90. The molecule has 0 radical (unpaired) electrons. The van der Waals surface area contributed by atoms with Crippen molar-refractivity contribution in [3.63, 3.8) is 0 Å². The molecule has 106 valence electrons. The maximum Gasteiger partial charge on any atom is 0.157 e. The molecule has 4 heterocycles. The highest BCUT2D eigenvalue weighted by Crippen LogP contribution is 2.35. The van der Waals surface area contributed by atoms with Crippen molar-refractivity contribution >= 4 is 11.5 Å². The summed E-state index contributed by atoms with van der Waals surface area (Å²) in [6.07, 6.45) is 8.65. The van der Waals surface area contributed by atoms with E-state index in [0.29, 0.717) is 0 Å². The van der Waals surface area contributed by atoms with E-state index in [1.54, 1.807) is 23.0 Å². The Bertz CT molecular complexity index is 784. The Morgan fingerprint density at radius 2 is 2.19 bits per heavy atom. The molecule has 4 rings (SSSR count). The molecule has 21 heavy (non-hydrogen) atoms. The number of anilines is 1. The molecule has 0 saturated carbocycles. The van der Waals surface area contributed by atoms with E-state index in [2.05, 4.69) is 20.0 Å². The smallest absolute Gasteiger partial charge is 0.157 e. The molecule has 0 bridgehead atoms. The molecule has 0 aromatic carbocycles. The lowest BCUT2D eigenvalue weighted by molar-refractivity contribution is 0.610. The summed E-state index contributed by atoms with van der Waals surface area (Å²) >= 11 is 0. The topological polar surface area (TPSA) is 46.3 Å². The molecular formula is C15H14FN5. The van der Waals surface area contributed by atoms with Crippen molar-refractivity contribution in [2.75, 3.05) is 11.4 Å². The third-order valence-electron chi connectivity index (χ3n) is 3.90. The minimum atomic E-state index is -0.293. The van der Waals surface area contributed by atoms with Crippen LogP contribution in [0.5, 0.6) is 0 Å². The average molecular weight is 283 g/mol. The van der Waals surface area contributed by atoms with Crippen LogP contribution in [0.3, 0.4) is 0 Å². The van der Waals surface area contributed by atoms with Crippen molar-refractivity contribution in [1.82, 2.24) is 19.6 Å². The second-order valence-corrected chi connectivity index (χ2v) is 5.21. The Labute approximate surface area is 121 Å². The predicted molar refractivity (Wildman–Crippen MR) is 76.5 cm³/mol. The van der Waals surface area contributed by atoms with Gasteiger partial charge in [0.2, 0.25) is 0 Å². The zero-order chi connectivity index (χ0) is 14.2. The van der Waals surface area contributed by atoms with Gasteiger partial charge in [-0.2, -0.15) is 5.10 Å². The van der Waals surface area contributed by atoms with Gasteiger partial charge in [-0.3, -0.25) is 4.98 Å². The Hall–Kier alpha value is -2.50. The maximum absolute atomic E-state index is 13.4. The molecule has 1 fully saturated rings. The number of hydrogen-bond acceptors (Lipinski definition) is 4. The first kappa shape index (κ1) is 12.3. The summed E-state index contributed by atoms with van der Waals surface area (Å²) in [4.78, 5) is 10.8. The largest absolute Gasteiger partial charge is 0.349 e. The molecule has 1 aliphatic heterocycles. The third kappa shape index (κ3) is 2.12. The van der Waals surface area contributed by atoms with Crippen molar-refractivity contribution in [3.8, 4) is 0 Å². The summed E-state index contributed by atoms with van der Waals surface area (Å²) in [7, 11) is 0. The van der Waals surface area contributed by atoms with E-state index in [9.17, 15) is 4.39 Å². The van der Waals surface area contributed by atoms with E-state index >= 15 is 0 Å². The Kier molecular flexibility index (Phi) is 2.80. The van der Waals surface area contributed by atoms with Crippen LogP contribution in [-0.4, -0.2) is 26.1 Å². The van der Waals surface area contributed by atoms with Crippen LogP contribution in [0.15, 0.2) is 43.0 Å². The van der Waals surface area contributed by atoms with Gasteiger partial charge in [-0.1, -0.05) is 0 Å². The summed E-state index contributed by atoms with van der Waals surface area (Å²) < 4.78 is 15.1. The molecule has 1 saturated heterocycles. The lowest BCUT2D eigenvalue weighted by atomic mass is 10.1. The lowest BCUT2D eigenvalue weighted by Crippen LogP contribution is -2.24. The first-order valence-corrected chi connectivity index (χ1v) is 6.99. The standard InChI is InChI=1S/C15H14FN5/c16-12-8-11(9-17-10-12)13-2-1-6-20(13)14-4-7-21-15(19-14)3-5-18-21/h3-5,7-10,13H,1-2,6H2/t13-/m1/s1. The zero-order valence-electron chi connectivity index (χ0n) is 11.4. The van der Waals surface area contributed by atoms with Crippen LogP contribution in [0, 0.1) is 5.82 Å². The molecule has 0 N–H and O–H groups in total. The molecule has 0 unspecified atom stereocenters. The first-order chi connectivity index (χ1) is 10.3. The highest BCUT2D eigenvalue weighted by molar-refractivity contribution is 5.49. The fraction of sp³-hybridized carbons (Fsp3) is 0.267. The SMILES string of the molecule is Fc1cncc([C@H]2CCCN2c2ccn3nccc3n2)c1. The van der Waals surface area contributed by atoms with E-state index in [4.69, 9.17) is 0 Å². The molecule has 6 heteroatoms. The number of nitrogens with zero attached hydrogens (tertiary/aromatic N) is 5. The molecule has 0 aliphatic carbocycles. The van der Waals surface area contributed by atoms with Crippen LogP contribution in [0.2, 0.25) is 0 Å². The van der Waals surface area contributed by atoms with E-state index < -0.39 is 0 Å². The maximum atomic E-state index is 13.4. The normalized spacial score (nSPS) is 18.5. The zero-order valence-corrected chi connectivity index (χ0v) is 11.4. The molecule has 5 nitrogen and oxygen atoms in total. The minimum absolute atomic E-state index is 0.131. The Morgan fingerprint density at radius 1 is 1.24 bits per heavy atom. The molecule has 0 spiro atoms. The van der Waals surface area contributed by atoms with Crippen molar-refractivity contribution in [1.29, 1.82) is 0 Å². The summed E-state index contributed by atoms with van der Waals surface area (Å²) in [6.45, 7) is 0.915. The van der Waals surface area contributed by atoms with Crippen LogP contribution < -0.4 is 4.90 Å². The summed E-state index contributed by atoms with van der Waals surface area (Å²) in [5.74, 6) is 0.605. The molecule has 1 aliphatic rings. The van der Waals surface area contributed by atoms with E-state index in [1.807, 2.05) is 18.3 Å². The molecule has 1 atom stereocenters. The van der Waals surface area contributed by atoms with Gasteiger partial charge in [-0.05, 0) is 30.5 Å². The fourth-order valence-corrected chi connectivity index (χ4v) is 2.96. The van der Waals surface area contributed by atoms with Crippen molar-refractivity contribution in [2.24, 2.45) is 0 Å². The van der Waals surface area contributed by atoms with Gasteiger partial charge in [0.15, 0.2) is 5.65 Å². The van der Waals surface area contributed by atoms with Gasteiger partial charge in [0.1, 0.15) is 11.6 Å². The number of halogens is 1. The Morgan fingerprint density at radius 3 is 3.10 bits per heavy atom. The first-order valence-electron chi connectivity index (χ1n) is 6.99. The fourth-order valence-electron chi connectivity index (χ4n) is 2.96. The highest BCUT2D eigenvalue weighted by atomic mass is 19.1. The van der Waals surface area contributed by atoms with Crippen LogP contribution in [0.4, 0.5) is 10.2 Å². The van der Waals surface area contributed by atoms with Gasteiger partial charge in [-0.25, -0.2) is 13.9 Å². The summed E-state index contributed by atoms with van der Waals surface area (Å²) in [5.41, 5.74) is 1.72. The lowest BCUT2D eigenvalue weighted by Gasteiger charge is -2.25. The second kappa shape index (κ2) is 4.80. The van der Waals surface area contributed by atoms with E-state index in [1.165, 1.54) is 6.20 Å². The van der Waals surface area contributed by atoms with Gasteiger partial charge in [0.05, 0.1) is 18.4 Å². The van der Waals surface area contributed by atoms with E-state index in [-0.39, 0.29) is 11.9 Å². The van der Waals surface area contributed by atoms with Crippen molar-refractivity contribution in [3.05, 3.63) is 54.4 Å². The van der Waals surface area contributed by atoms with Gasteiger partial charge in [-0.15, -0.1) is 0 Å². The minimum Gasteiger partial charge on any atom is -0.349 e. The van der Waals surface area contributed by atoms with Crippen LogP contribution in [0.1, 0.15) is 24.4 Å². The summed E-state index contributed by atoms with van der Waals surface area (Å²) in [5, 5.41) is 4.15. The van der Waals surface area contributed by atoms with Crippen LogP contribution >= 0.6 is 0 Å². The molecular weight excluding hydrogens is 269 g/mol. The van der Waals surface area contributed by atoms with Gasteiger partial charge < -0.3 is 4.90 Å². The van der Waals surface area contributed by atoms with Gasteiger partial charge in [0.25, 0.3) is 0 Å². The van der Waals surface area contributed by atoms with Crippen LogP contribution in [0.25, 0.3) is 5.65 Å². The highest BCUT2D eigenvalue weighted by Gasteiger charge is 2.27. The van der Waals surface area contributed by atoms with Gasteiger partial charge in [0, 0.05) is 25.0 Å². The van der Waals surface area contributed by atoms with Gasteiger partial charge >= 0.3 is 0 Å². The number of fused-ring (bicyclic) bond motifs is 1. The number of rotatable bonds is 2.